The first-order valence-corrected chi connectivity index (χ1v) is 9.65. The van der Waals surface area contributed by atoms with Gasteiger partial charge in [0.25, 0.3) is 0 Å². The number of hydrogen-bond donors (Lipinski definition) is 0. The minimum atomic E-state index is 1.04. The predicted octanol–water partition coefficient (Wildman–Crippen LogP) is 7.34. The van der Waals surface area contributed by atoms with Crippen LogP contribution in [0.25, 0.3) is 43.9 Å². The average molecular weight is 359 g/mol. The fraction of sp³-hybridized carbons (Fsp3) is 0.0741. The Morgan fingerprint density at radius 1 is 0.536 bits per heavy atom. The lowest BCUT2D eigenvalue weighted by Gasteiger charge is -2.11. The van der Waals surface area contributed by atoms with Gasteiger partial charge in [0.2, 0.25) is 0 Å². The van der Waals surface area contributed by atoms with Gasteiger partial charge in [-0.25, -0.2) is 0 Å². The summed E-state index contributed by atoms with van der Waals surface area (Å²) in [6, 6.07) is 30.5. The average Bonchev–Trinajstić information content (AvgIpc) is 2.72. The molecule has 0 bridgehead atoms. The predicted molar refractivity (Wildman–Crippen MR) is 120 cm³/mol. The van der Waals surface area contributed by atoms with Gasteiger partial charge in [0.1, 0.15) is 0 Å². The van der Waals surface area contributed by atoms with Crippen molar-refractivity contribution in [3.63, 3.8) is 0 Å². The number of pyridine rings is 1. The Labute approximate surface area is 165 Å². The monoisotopic (exact) mass is 359 g/mol. The van der Waals surface area contributed by atoms with E-state index < -0.39 is 0 Å². The third kappa shape index (κ3) is 2.86. The van der Waals surface area contributed by atoms with Crippen molar-refractivity contribution in [3.05, 3.63) is 102 Å². The number of rotatable bonds is 2. The fourth-order valence-corrected chi connectivity index (χ4v) is 4.15. The topological polar surface area (TPSA) is 12.9 Å². The van der Waals surface area contributed by atoms with Gasteiger partial charge in [0, 0.05) is 17.1 Å². The molecule has 0 N–H and O–H groups in total. The van der Waals surface area contributed by atoms with E-state index >= 15 is 0 Å². The second kappa shape index (κ2) is 6.61. The van der Waals surface area contributed by atoms with Crippen molar-refractivity contribution in [2.75, 3.05) is 0 Å². The Hall–Kier alpha value is -3.45. The summed E-state index contributed by atoms with van der Waals surface area (Å²) < 4.78 is 0. The van der Waals surface area contributed by atoms with E-state index in [1.54, 1.807) is 0 Å². The summed E-state index contributed by atoms with van der Waals surface area (Å²) in [6.45, 7) is 4.30. The molecule has 0 aliphatic heterocycles. The van der Waals surface area contributed by atoms with Crippen LogP contribution in [0.1, 0.15) is 11.1 Å². The second-order valence-electron chi connectivity index (χ2n) is 7.50. The molecule has 0 saturated heterocycles. The number of fused-ring (bicyclic) bond motifs is 3. The van der Waals surface area contributed by atoms with Crippen molar-refractivity contribution >= 4 is 21.5 Å². The SMILES string of the molecule is Cc1cc(C)cc(-c2cccc(-c3nccc4c3ccc3ccccc34)c2)c1. The van der Waals surface area contributed by atoms with E-state index in [2.05, 4.69) is 98.8 Å². The molecule has 1 heteroatoms. The molecule has 5 aromatic rings. The van der Waals surface area contributed by atoms with Gasteiger partial charge in [-0.05, 0) is 53.3 Å². The lowest BCUT2D eigenvalue weighted by atomic mass is 9.95. The minimum Gasteiger partial charge on any atom is -0.256 e. The van der Waals surface area contributed by atoms with Gasteiger partial charge in [-0.3, -0.25) is 4.98 Å². The molecule has 28 heavy (non-hydrogen) atoms. The first kappa shape index (κ1) is 16.7. The van der Waals surface area contributed by atoms with Crippen molar-refractivity contribution < 1.29 is 0 Å². The van der Waals surface area contributed by atoms with Crippen LogP contribution in [0.5, 0.6) is 0 Å². The molecule has 0 unspecified atom stereocenters. The molecule has 0 atom stereocenters. The molecule has 0 aliphatic rings. The summed E-state index contributed by atoms with van der Waals surface area (Å²) in [5, 5.41) is 4.98. The molecule has 0 fully saturated rings. The van der Waals surface area contributed by atoms with Gasteiger partial charge in [0.15, 0.2) is 0 Å². The minimum absolute atomic E-state index is 1.04. The zero-order valence-electron chi connectivity index (χ0n) is 16.1. The largest absolute Gasteiger partial charge is 0.256 e. The summed E-state index contributed by atoms with van der Waals surface area (Å²) in [7, 11) is 0. The first-order chi connectivity index (χ1) is 13.7. The lowest BCUT2D eigenvalue weighted by Crippen LogP contribution is -1.89. The maximum Gasteiger partial charge on any atom is 0.0780 e. The van der Waals surface area contributed by atoms with E-state index in [-0.39, 0.29) is 0 Å². The van der Waals surface area contributed by atoms with Gasteiger partial charge in [0.05, 0.1) is 5.69 Å². The molecule has 1 heterocycles. The van der Waals surface area contributed by atoms with Crippen LogP contribution in [0.2, 0.25) is 0 Å². The van der Waals surface area contributed by atoms with Gasteiger partial charge in [-0.1, -0.05) is 83.9 Å². The van der Waals surface area contributed by atoms with E-state index in [1.165, 1.54) is 43.8 Å². The van der Waals surface area contributed by atoms with E-state index in [0.29, 0.717) is 0 Å². The molecular weight excluding hydrogens is 338 g/mol. The highest BCUT2D eigenvalue weighted by Gasteiger charge is 2.09. The van der Waals surface area contributed by atoms with Crippen LogP contribution >= 0.6 is 0 Å². The molecule has 0 radical (unpaired) electrons. The van der Waals surface area contributed by atoms with Crippen LogP contribution in [0.15, 0.2) is 91.1 Å². The molecule has 1 nitrogen and oxygen atoms in total. The summed E-state index contributed by atoms with van der Waals surface area (Å²) in [5.74, 6) is 0. The van der Waals surface area contributed by atoms with Crippen LogP contribution in [-0.4, -0.2) is 4.98 Å². The summed E-state index contributed by atoms with van der Waals surface area (Å²) in [4.78, 5) is 4.75. The molecule has 5 rings (SSSR count). The van der Waals surface area contributed by atoms with Gasteiger partial charge in [-0.15, -0.1) is 0 Å². The highest BCUT2D eigenvalue weighted by Crippen LogP contribution is 2.33. The van der Waals surface area contributed by atoms with Crippen LogP contribution < -0.4 is 0 Å². The summed E-state index contributed by atoms with van der Waals surface area (Å²) >= 11 is 0. The molecule has 0 amide bonds. The first-order valence-electron chi connectivity index (χ1n) is 9.65. The van der Waals surface area contributed by atoms with E-state index in [4.69, 9.17) is 4.98 Å². The maximum absolute atomic E-state index is 4.75. The van der Waals surface area contributed by atoms with Gasteiger partial charge >= 0.3 is 0 Å². The van der Waals surface area contributed by atoms with Crippen LogP contribution in [0.4, 0.5) is 0 Å². The summed E-state index contributed by atoms with van der Waals surface area (Å²) in [6.07, 6.45) is 1.92. The molecular formula is C27H21N. The van der Waals surface area contributed by atoms with Crippen molar-refractivity contribution in [2.45, 2.75) is 13.8 Å². The highest BCUT2D eigenvalue weighted by molar-refractivity contribution is 6.11. The van der Waals surface area contributed by atoms with Crippen molar-refractivity contribution in [3.8, 4) is 22.4 Å². The van der Waals surface area contributed by atoms with Crippen LogP contribution in [-0.2, 0) is 0 Å². The van der Waals surface area contributed by atoms with E-state index in [1.807, 2.05) is 6.20 Å². The molecule has 0 aliphatic carbocycles. The highest BCUT2D eigenvalue weighted by atomic mass is 14.7. The standard InChI is InChI=1S/C27H21N/c1-18-14-19(2)16-23(15-18)21-7-5-8-22(17-21)27-26-11-10-20-6-3-4-9-24(20)25(26)12-13-28-27/h3-17H,1-2H3. The Morgan fingerprint density at radius 3 is 2.18 bits per heavy atom. The number of aryl methyl sites for hydroxylation is 2. The van der Waals surface area contributed by atoms with E-state index in [0.717, 1.165) is 11.3 Å². The van der Waals surface area contributed by atoms with Crippen LogP contribution in [0, 0.1) is 13.8 Å². The fourth-order valence-electron chi connectivity index (χ4n) is 4.15. The quantitative estimate of drug-likeness (QED) is 0.300. The molecule has 1 aromatic heterocycles. The van der Waals surface area contributed by atoms with Crippen molar-refractivity contribution in [1.29, 1.82) is 0 Å². The van der Waals surface area contributed by atoms with Crippen LogP contribution in [0.3, 0.4) is 0 Å². The molecule has 0 spiro atoms. The summed E-state index contributed by atoms with van der Waals surface area (Å²) in [5.41, 5.74) is 7.24. The number of aromatic nitrogens is 1. The van der Waals surface area contributed by atoms with Crippen molar-refractivity contribution in [2.24, 2.45) is 0 Å². The van der Waals surface area contributed by atoms with Gasteiger partial charge < -0.3 is 0 Å². The Bertz CT molecular complexity index is 1310. The zero-order chi connectivity index (χ0) is 19.1. The van der Waals surface area contributed by atoms with Crippen molar-refractivity contribution in [1.82, 2.24) is 4.98 Å². The Morgan fingerprint density at radius 2 is 1.32 bits per heavy atom. The third-order valence-electron chi connectivity index (χ3n) is 5.36. The Kier molecular flexibility index (Phi) is 3.95. The van der Waals surface area contributed by atoms with Gasteiger partial charge in [-0.2, -0.15) is 0 Å². The number of hydrogen-bond acceptors (Lipinski definition) is 1. The molecule has 0 saturated carbocycles. The Balaban J connectivity index is 1.72. The normalized spacial score (nSPS) is 11.2. The number of benzene rings is 4. The zero-order valence-corrected chi connectivity index (χ0v) is 16.1. The molecule has 4 aromatic carbocycles. The van der Waals surface area contributed by atoms with E-state index in [9.17, 15) is 0 Å². The maximum atomic E-state index is 4.75. The number of nitrogens with zero attached hydrogens (tertiary/aromatic N) is 1. The lowest BCUT2D eigenvalue weighted by molar-refractivity contribution is 1.36. The molecule has 134 valence electrons. The smallest absolute Gasteiger partial charge is 0.0780 e. The second-order valence-corrected chi connectivity index (χ2v) is 7.50. The third-order valence-corrected chi connectivity index (χ3v) is 5.36.